The first-order valence-electron chi connectivity index (χ1n) is 32.4. The van der Waals surface area contributed by atoms with Gasteiger partial charge in [0.25, 0.3) is 22.5 Å². The monoisotopic (exact) mass is 1500 g/mol. The van der Waals surface area contributed by atoms with Crippen molar-refractivity contribution in [2.24, 2.45) is 0 Å². The molecule has 0 amide bonds. The summed E-state index contributed by atoms with van der Waals surface area (Å²) in [6.07, 6.45) is 22.6. The predicted molar refractivity (Wildman–Crippen MR) is 402 cm³/mol. The summed E-state index contributed by atoms with van der Waals surface area (Å²) >= 11 is 5.55. The van der Waals surface area contributed by atoms with Gasteiger partial charge >= 0.3 is 35.0 Å². The molecule has 23 heteroatoms. The van der Waals surface area contributed by atoms with Gasteiger partial charge in [0.2, 0.25) is 0 Å². The van der Waals surface area contributed by atoms with E-state index in [2.05, 4.69) is 170 Å². The van der Waals surface area contributed by atoms with E-state index in [-0.39, 0.29) is 77.0 Å². The number of nitrogens with one attached hydrogen (secondary N) is 2. The number of benzene rings is 4. The summed E-state index contributed by atoms with van der Waals surface area (Å²) in [5.74, 6) is 10.6. The maximum absolute atomic E-state index is 11.9. The van der Waals surface area contributed by atoms with Gasteiger partial charge in [0.15, 0.2) is 0 Å². The Bertz CT molecular complexity index is 3720. The zero-order chi connectivity index (χ0) is 70.7. The average molecular weight is 1500 g/mol. The number of nitro groups is 2. The number of nitro benzene ring substituents is 2. The molecular weight excluding hydrogens is 1400 g/mol. The van der Waals surface area contributed by atoms with Gasteiger partial charge in [-0.1, -0.05) is 161 Å². The molecule has 97 heavy (non-hydrogen) atoms. The average Bonchev–Trinajstić information content (AvgIpc) is 0.766. The van der Waals surface area contributed by atoms with Gasteiger partial charge in [-0.05, 0) is 142 Å². The van der Waals surface area contributed by atoms with E-state index >= 15 is 0 Å². The van der Waals surface area contributed by atoms with E-state index in [1.807, 2.05) is 13.8 Å². The zero-order valence-corrected chi connectivity index (χ0v) is 63.2. The van der Waals surface area contributed by atoms with E-state index in [1.165, 1.54) is 108 Å². The summed E-state index contributed by atoms with van der Waals surface area (Å²) in [7, 11) is 13.7. The molecule has 2 N–H and O–H groups in total. The van der Waals surface area contributed by atoms with Crippen LogP contribution in [0.3, 0.4) is 0 Å². The van der Waals surface area contributed by atoms with Crippen molar-refractivity contribution in [3.63, 3.8) is 0 Å². The minimum atomic E-state index is -0.645. The number of nitrogens with zero attached hydrogens (tertiary/aromatic N) is 10. The molecule has 18 nitrogen and oxygen atoms in total. The van der Waals surface area contributed by atoms with Crippen LogP contribution >= 0.6 is 38.6 Å². The summed E-state index contributed by atoms with van der Waals surface area (Å²) in [6, 6.07) is 21.8. The minimum absolute atomic E-state index is 0. The summed E-state index contributed by atoms with van der Waals surface area (Å²) in [5, 5.41) is 37.9. The molecule has 6 aromatic rings. The van der Waals surface area contributed by atoms with Gasteiger partial charge in [-0.2, -0.15) is 5.26 Å². The van der Waals surface area contributed by atoms with E-state index in [1.54, 1.807) is 33.6 Å². The number of fused-ring (bicyclic) bond motifs is 2. The molecule has 2 aromatic heterocycles. The summed E-state index contributed by atoms with van der Waals surface area (Å²) in [6.45, 7) is 35.7. The molecule has 0 bridgehead atoms. The van der Waals surface area contributed by atoms with Crippen LogP contribution in [0, 0.1) is 75.0 Å². The molecule has 10 rings (SSSR count). The van der Waals surface area contributed by atoms with E-state index in [4.69, 9.17) is 47.6 Å². The Morgan fingerprint density at radius 2 is 1.07 bits per heavy atom. The molecule has 2 saturated carbocycles. The second-order valence-electron chi connectivity index (χ2n) is 26.1. The fraction of sp³-hybridized carbons (Fsp3) is 0.527. The van der Waals surface area contributed by atoms with Crippen molar-refractivity contribution in [2.75, 3.05) is 66.5 Å². The first-order chi connectivity index (χ1) is 45.1. The molecule has 0 unspecified atom stereocenters. The number of piperazine rings is 2. The van der Waals surface area contributed by atoms with Crippen molar-refractivity contribution < 1.29 is 25.8 Å². The Hall–Kier alpha value is -6.14. The Balaban J connectivity index is 0.000000448. The zero-order valence-electron chi connectivity index (χ0n) is 58.5. The van der Waals surface area contributed by atoms with Gasteiger partial charge in [-0.25, -0.2) is 15.2 Å². The van der Waals surface area contributed by atoms with Crippen LogP contribution in [0.2, 0.25) is 5.02 Å². The van der Waals surface area contributed by atoms with Crippen molar-refractivity contribution in [2.45, 2.75) is 188 Å². The molecule has 2 aliphatic heterocycles. The number of aromatic nitrogens is 4. The third-order valence-electron chi connectivity index (χ3n) is 17.8. The van der Waals surface area contributed by atoms with Crippen LogP contribution in [0.15, 0.2) is 82.9 Å². The molecule has 2 saturated heterocycles. The first-order valence-corrected chi connectivity index (χ1v) is 38.3. The number of hydrogen-bond donors (Lipinski definition) is 2. The van der Waals surface area contributed by atoms with Crippen LogP contribution in [0.1, 0.15) is 188 Å². The van der Waals surface area contributed by atoms with Crippen LogP contribution in [0.4, 0.5) is 11.4 Å². The normalized spacial score (nSPS) is 15.5. The van der Waals surface area contributed by atoms with Crippen molar-refractivity contribution in [3.8, 4) is 48.0 Å². The second-order valence-corrected chi connectivity index (χ2v) is 31.6. The molecule has 4 aliphatic rings. The molecule has 0 radical (unpaired) electrons. The van der Waals surface area contributed by atoms with E-state index in [9.17, 15) is 29.8 Å². The number of aromatic amines is 2. The molecule has 0 spiro atoms. The Morgan fingerprint density at radius 3 is 1.47 bits per heavy atom. The van der Waals surface area contributed by atoms with Gasteiger partial charge in [0.05, 0.1) is 61.5 Å². The fourth-order valence-corrected chi connectivity index (χ4v) is 16.5. The van der Waals surface area contributed by atoms with Crippen molar-refractivity contribution in [1.82, 2.24) is 39.5 Å². The van der Waals surface area contributed by atoms with E-state index < -0.39 is 26.5 Å². The number of halogens is 3. The molecule has 532 valence electrons. The van der Waals surface area contributed by atoms with E-state index in [0.29, 0.717) is 28.8 Å². The number of hydrogen-bond acceptors (Lipinski definition) is 14. The van der Waals surface area contributed by atoms with Crippen molar-refractivity contribution in [3.05, 3.63) is 149 Å². The summed E-state index contributed by atoms with van der Waals surface area (Å²) < 4.78 is 0. The van der Waals surface area contributed by atoms with Gasteiger partial charge in [-0.3, -0.25) is 39.6 Å². The maximum atomic E-state index is 11.9. The first kappa shape index (κ1) is 86.9. The Kier molecular flexibility index (Phi) is 38.3. The topological polar surface area (TPSA) is 238 Å². The van der Waals surface area contributed by atoms with Gasteiger partial charge < -0.3 is 27.2 Å². The number of rotatable bonds is 11. The summed E-state index contributed by atoms with van der Waals surface area (Å²) in [5.41, 5.74) is 8.89. The number of likely N-dealkylation sites (N-methyl/N-ethyl adjacent to an activating group) is 2. The molecular formula is C74H103Cl3N12O6PPd-. The van der Waals surface area contributed by atoms with Gasteiger partial charge in [0, 0.05) is 78.0 Å². The van der Waals surface area contributed by atoms with E-state index in [0.717, 1.165) is 69.7 Å². The fourth-order valence-electron chi connectivity index (χ4n) is 12.3. The number of H-pyrrole nitrogens is 2. The molecule has 4 aromatic carbocycles. The number of nitriles is 2. The Labute approximate surface area is 600 Å². The SMILES string of the molecule is C.C#CC(C)(C)N1CCN(C)CC1.C#N.CC#N.CC(C)c1cc(C(C)C)c(-c2ccccc2P(C2CCCCC2)C2CCCCC2)c(C(C)C)c1.CN1CCN(C(C)(C)C#Cc2cc3nc[nH]c(=O)c3cc2[N+](=O)[O-])CC1.O=c1[nH]cnc2cc(Cl)c([N+](=O)[O-])cc12.[CH3-].[Cl][Pd][Cl]. The van der Waals surface area contributed by atoms with Crippen molar-refractivity contribution >= 4 is 77.1 Å². The van der Waals surface area contributed by atoms with Crippen LogP contribution in [0.25, 0.3) is 32.9 Å². The third-order valence-corrected chi connectivity index (χ3v) is 21.7. The molecule has 4 heterocycles. The molecule has 0 atom stereocenters. The predicted octanol–water partition coefficient (Wildman–Crippen LogP) is 17.0. The van der Waals surface area contributed by atoms with Crippen LogP contribution < -0.4 is 16.4 Å². The number of terminal acetylenes is 1. The van der Waals surface area contributed by atoms with Crippen LogP contribution in [-0.2, 0) is 15.9 Å². The van der Waals surface area contributed by atoms with Crippen molar-refractivity contribution in [1.29, 1.82) is 10.5 Å². The van der Waals surface area contributed by atoms with Gasteiger partial charge in [0.1, 0.15) is 10.6 Å². The standard InChI is InChI=1S/C33H49P.C18H21N5O3.C10H18N2.C8H4ClN3O3.C2H3N.CHN.CH4.CH3.2ClH.Pd/c1-23(2)26-21-30(24(3)4)33(31(22-26)25(5)6)29-19-13-14-20-32(29)34(27-15-9-7-10-16-27)28-17-11-8-12-18-28;1-18(2,22-8-6-21(3)7-9-22)5-4-13-10-15-14(11-16(13)23(25)26)17(24)20-12-19-15;1-5-10(2,3)12-8-6-11(4)7-9-12;9-5-2-6-4(1-7(5)12(14)15)8(13)11-3-10-6;1-2-3;1-2;;;;;/h13-14,19-25,27-28H,7-12,15-18H2,1-6H3;10-12H,6-9H2,1-3H3,(H,19,20,24);1H,6-9H2,2-4H3;1-3H,(H,10,11,13);1H3;1H;1H4;1H3;2*1H;/q;;;;;;;-1;;;+2/p-2. The Morgan fingerprint density at radius 1 is 0.670 bits per heavy atom. The van der Waals surface area contributed by atoms with Gasteiger partial charge in [-0.15, -0.1) is 6.42 Å². The second kappa shape index (κ2) is 42.7. The van der Waals surface area contributed by atoms with Crippen LogP contribution in [0.5, 0.6) is 0 Å². The molecule has 2 aliphatic carbocycles. The third kappa shape index (κ3) is 25.2. The molecule has 4 fully saturated rings. The van der Waals surface area contributed by atoms with Crippen LogP contribution in [-0.4, -0.2) is 138 Å². The summed E-state index contributed by atoms with van der Waals surface area (Å²) in [4.78, 5) is 65.9. The quantitative estimate of drug-likeness (QED) is 0.0306.